The lowest BCUT2D eigenvalue weighted by atomic mass is 9.84. The molecule has 0 amide bonds. The molecule has 0 radical (unpaired) electrons. The predicted molar refractivity (Wildman–Crippen MR) is 72.6 cm³/mol. The van der Waals surface area contributed by atoms with Gasteiger partial charge in [0.05, 0.1) is 0 Å². The van der Waals surface area contributed by atoms with Crippen LogP contribution in [0.3, 0.4) is 0 Å². The fraction of sp³-hybridized carbons (Fsp3) is 0.857. The van der Waals surface area contributed by atoms with Gasteiger partial charge in [0.15, 0.2) is 0 Å². The number of hydrogen-bond acceptors (Lipinski definition) is 5. The lowest BCUT2D eigenvalue weighted by molar-refractivity contribution is -0.0527. The van der Waals surface area contributed by atoms with Crippen LogP contribution in [0.1, 0.15) is 57.2 Å². The molecule has 1 aliphatic rings. The molecule has 5 nitrogen and oxygen atoms in total. The van der Waals surface area contributed by atoms with Gasteiger partial charge in [0.25, 0.3) is 0 Å². The second-order valence-electron chi connectivity index (χ2n) is 5.48. The quantitative estimate of drug-likeness (QED) is 0.856. The van der Waals surface area contributed by atoms with Crippen molar-refractivity contribution < 1.29 is 9.26 Å². The molecule has 0 aromatic carbocycles. The molecular formula is C14H25N3O2. The smallest absolute Gasteiger partial charge is 0.227 e. The number of aromatic nitrogens is 2. The molecule has 1 aromatic rings. The minimum absolute atomic E-state index is 0.329. The molecule has 0 saturated heterocycles. The van der Waals surface area contributed by atoms with Crippen LogP contribution in [0.5, 0.6) is 0 Å². The fourth-order valence-corrected chi connectivity index (χ4v) is 2.81. The summed E-state index contributed by atoms with van der Waals surface area (Å²) in [5, 5.41) is 4.15. The second kappa shape index (κ2) is 6.48. The number of nitrogens with two attached hydrogens (primary N) is 1. The maximum Gasteiger partial charge on any atom is 0.227 e. The molecule has 1 fully saturated rings. The Kier molecular flexibility index (Phi) is 4.93. The molecule has 19 heavy (non-hydrogen) atoms. The van der Waals surface area contributed by atoms with Gasteiger partial charge in [-0.1, -0.05) is 37.8 Å². The average molecular weight is 267 g/mol. The highest BCUT2D eigenvalue weighted by molar-refractivity contribution is 5.03. The van der Waals surface area contributed by atoms with Gasteiger partial charge >= 0.3 is 0 Å². The minimum atomic E-state index is -0.329. The van der Waals surface area contributed by atoms with Crippen LogP contribution in [0.4, 0.5) is 0 Å². The third kappa shape index (κ3) is 3.15. The van der Waals surface area contributed by atoms with E-state index in [1.165, 1.54) is 6.42 Å². The van der Waals surface area contributed by atoms with Crippen molar-refractivity contribution in [3.63, 3.8) is 0 Å². The molecule has 1 heterocycles. The summed E-state index contributed by atoms with van der Waals surface area (Å²) >= 11 is 0. The summed E-state index contributed by atoms with van der Waals surface area (Å²) < 4.78 is 11.1. The Bertz CT molecular complexity index is 382. The first-order chi connectivity index (χ1) is 9.24. The molecule has 1 saturated carbocycles. The summed E-state index contributed by atoms with van der Waals surface area (Å²) in [5.41, 5.74) is 5.39. The molecular weight excluding hydrogens is 242 g/mol. The van der Waals surface area contributed by atoms with Gasteiger partial charge in [-0.15, -0.1) is 0 Å². The summed E-state index contributed by atoms with van der Waals surface area (Å²) in [5.74, 6) is 1.82. The predicted octanol–water partition coefficient (Wildman–Crippen LogP) is 2.40. The van der Waals surface area contributed by atoms with E-state index in [1.54, 1.807) is 7.11 Å². The Labute approximate surface area is 114 Å². The molecule has 1 aliphatic carbocycles. The van der Waals surface area contributed by atoms with E-state index >= 15 is 0 Å². The molecule has 1 unspecified atom stereocenters. The number of rotatable bonds is 6. The lowest BCUT2D eigenvalue weighted by Crippen LogP contribution is -2.32. The van der Waals surface area contributed by atoms with E-state index in [0.717, 1.165) is 44.3 Å². The van der Waals surface area contributed by atoms with Gasteiger partial charge in [0.2, 0.25) is 11.7 Å². The Morgan fingerprint density at radius 2 is 2.11 bits per heavy atom. The maximum atomic E-state index is 5.73. The van der Waals surface area contributed by atoms with E-state index < -0.39 is 0 Å². The monoisotopic (exact) mass is 267 g/mol. The fourth-order valence-electron chi connectivity index (χ4n) is 2.81. The Hall–Kier alpha value is -0.940. The number of nitrogens with zero attached hydrogens (tertiary/aromatic N) is 2. The van der Waals surface area contributed by atoms with Crippen LogP contribution in [-0.2, 0) is 16.8 Å². The molecule has 1 aromatic heterocycles. The van der Waals surface area contributed by atoms with Crippen LogP contribution in [0, 0.1) is 5.92 Å². The van der Waals surface area contributed by atoms with Gasteiger partial charge in [-0.2, -0.15) is 4.98 Å². The van der Waals surface area contributed by atoms with Crippen LogP contribution < -0.4 is 5.73 Å². The molecule has 2 N–H and O–H groups in total. The van der Waals surface area contributed by atoms with Crippen molar-refractivity contribution in [2.75, 3.05) is 13.7 Å². The third-order valence-electron chi connectivity index (χ3n) is 4.30. The SMILES string of the molecule is CCC(CN)Cc1nc(C2(OC)CCCCC2)no1. The Balaban J connectivity index is 2.10. The standard InChI is InChI=1S/C14H25N3O2/c1-3-11(10-15)9-12-16-13(17-19-12)14(18-2)7-5-4-6-8-14/h11H,3-10,15H2,1-2H3. The summed E-state index contributed by atoms with van der Waals surface area (Å²) in [4.78, 5) is 4.55. The summed E-state index contributed by atoms with van der Waals surface area (Å²) in [6.45, 7) is 2.79. The first-order valence-electron chi connectivity index (χ1n) is 7.32. The van der Waals surface area contributed by atoms with E-state index in [1.807, 2.05) is 0 Å². The molecule has 0 aliphatic heterocycles. The van der Waals surface area contributed by atoms with Crippen molar-refractivity contribution in [3.8, 4) is 0 Å². The summed E-state index contributed by atoms with van der Waals surface area (Å²) in [7, 11) is 1.75. The second-order valence-corrected chi connectivity index (χ2v) is 5.48. The Morgan fingerprint density at radius 1 is 1.37 bits per heavy atom. The van der Waals surface area contributed by atoms with Crippen LogP contribution in [0.2, 0.25) is 0 Å². The molecule has 0 bridgehead atoms. The number of hydrogen-bond donors (Lipinski definition) is 1. The van der Waals surface area contributed by atoms with Gasteiger partial charge in [-0.25, -0.2) is 0 Å². The van der Waals surface area contributed by atoms with E-state index in [9.17, 15) is 0 Å². The topological polar surface area (TPSA) is 74.2 Å². The number of ether oxygens (including phenoxy) is 1. The van der Waals surface area contributed by atoms with Crippen molar-refractivity contribution in [1.29, 1.82) is 0 Å². The van der Waals surface area contributed by atoms with Gasteiger partial charge in [0.1, 0.15) is 5.60 Å². The first-order valence-corrected chi connectivity index (χ1v) is 7.32. The largest absolute Gasteiger partial charge is 0.370 e. The van der Waals surface area contributed by atoms with E-state index in [0.29, 0.717) is 18.4 Å². The van der Waals surface area contributed by atoms with Crippen molar-refractivity contribution in [1.82, 2.24) is 10.1 Å². The van der Waals surface area contributed by atoms with Crippen LogP contribution in [0.25, 0.3) is 0 Å². The zero-order valence-electron chi connectivity index (χ0n) is 12.0. The summed E-state index contributed by atoms with van der Waals surface area (Å²) in [6.07, 6.45) is 7.35. The zero-order valence-corrected chi connectivity index (χ0v) is 12.0. The highest BCUT2D eigenvalue weighted by atomic mass is 16.5. The lowest BCUT2D eigenvalue weighted by Gasteiger charge is -2.32. The summed E-state index contributed by atoms with van der Waals surface area (Å²) in [6, 6.07) is 0. The van der Waals surface area contributed by atoms with Crippen molar-refractivity contribution in [3.05, 3.63) is 11.7 Å². The molecule has 5 heteroatoms. The van der Waals surface area contributed by atoms with Crippen molar-refractivity contribution in [2.24, 2.45) is 11.7 Å². The van der Waals surface area contributed by atoms with Gasteiger partial charge in [-0.3, -0.25) is 0 Å². The van der Waals surface area contributed by atoms with E-state index in [4.69, 9.17) is 15.0 Å². The Morgan fingerprint density at radius 3 is 2.68 bits per heavy atom. The highest BCUT2D eigenvalue weighted by Gasteiger charge is 2.38. The highest BCUT2D eigenvalue weighted by Crippen LogP contribution is 2.38. The molecule has 108 valence electrons. The van der Waals surface area contributed by atoms with E-state index in [2.05, 4.69) is 17.1 Å². The molecule has 2 rings (SSSR count). The molecule has 0 spiro atoms. The van der Waals surface area contributed by atoms with Crippen LogP contribution in [0.15, 0.2) is 4.52 Å². The average Bonchev–Trinajstić information content (AvgIpc) is 2.94. The maximum absolute atomic E-state index is 5.73. The van der Waals surface area contributed by atoms with E-state index in [-0.39, 0.29) is 5.60 Å². The van der Waals surface area contributed by atoms with Gasteiger partial charge < -0.3 is 15.0 Å². The molecule has 1 atom stereocenters. The van der Waals surface area contributed by atoms with Gasteiger partial charge in [-0.05, 0) is 25.3 Å². The van der Waals surface area contributed by atoms with Crippen molar-refractivity contribution >= 4 is 0 Å². The van der Waals surface area contributed by atoms with Crippen LogP contribution >= 0.6 is 0 Å². The number of methoxy groups -OCH3 is 1. The van der Waals surface area contributed by atoms with Crippen LogP contribution in [-0.4, -0.2) is 23.8 Å². The van der Waals surface area contributed by atoms with Crippen molar-refractivity contribution in [2.45, 2.75) is 57.5 Å². The zero-order chi connectivity index (χ0) is 13.7. The normalized spacial score (nSPS) is 20.4. The first kappa shape index (κ1) is 14.5. The van der Waals surface area contributed by atoms with Gasteiger partial charge in [0, 0.05) is 13.5 Å². The minimum Gasteiger partial charge on any atom is -0.370 e. The third-order valence-corrected chi connectivity index (χ3v) is 4.30.